The summed E-state index contributed by atoms with van der Waals surface area (Å²) in [6, 6.07) is 0.607. The molecule has 0 unspecified atom stereocenters. The minimum absolute atomic E-state index is 0.00788. The van der Waals surface area contributed by atoms with Crippen LogP contribution in [0.4, 0.5) is 0 Å². The number of nitrogens with zero attached hydrogens (tertiary/aromatic N) is 1. The minimum atomic E-state index is -1.45. The second-order valence-corrected chi connectivity index (χ2v) is 7.61. The summed E-state index contributed by atoms with van der Waals surface area (Å²) in [5, 5.41) is 19.2. The summed E-state index contributed by atoms with van der Waals surface area (Å²) in [7, 11) is 0. The highest BCUT2D eigenvalue weighted by molar-refractivity contribution is 5.72. The Kier molecular flexibility index (Phi) is 4.49. The Morgan fingerprint density at radius 2 is 1.73 bits per heavy atom. The number of rotatable bonds is 3. The molecule has 0 amide bonds. The molecule has 3 aliphatic rings. The molecule has 22 heavy (non-hydrogen) atoms. The third-order valence-corrected chi connectivity index (χ3v) is 6.12. The van der Waals surface area contributed by atoms with Crippen LogP contribution in [-0.4, -0.2) is 52.6 Å². The molecule has 3 rings (SSSR count). The van der Waals surface area contributed by atoms with E-state index in [4.69, 9.17) is 4.74 Å². The van der Waals surface area contributed by atoms with Crippen molar-refractivity contribution in [1.29, 1.82) is 0 Å². The Hall–Kier alpha value is -0.650. The third kappa shape index (κ3) is 3.31. The molecule has 1 heterocycles. The highest BCUT2D eigenvalue weighted by Crippen LogP contribution is 2.54. The van der Waals surface area contributed by atoms with Crippen LogP contribution in [0.25, 0.3) is 0 Å². The van der Waals surface area contributed by atoms with Crippen LogP contribution in [0.1, 0.15) is 58.3 Å². The van der Waals surface area contributed by atoms with Gasteiger partial charge >= 0.3 is 5.97 Å². The number of esters is 1. The molecule has 0 radical (unpaired) electrons. The Labute approximate surface area is 132 Å². The minimum Gasteiger partial charge on any atom is -0.466 e. The predicted octanol–water partition coefficient (Wildman–Crippen LogP) is 1.67. The van der Waals surface area contributed by atoms with Crippen molar-refractivity contribution in [1.82, 2.24) is 4.90 Å². The van der Waals surface area contributed by atoms with Crippen molar-refractivity contribution in [2.24, 2.45) is 11.3 Å². The molecule has 1 aliphatic heterocycles. The number of likely N-dealkylation sites (tertiary alicyclic amines) is 1. The highest BCUT2D eigenvalue weighted by Gasteiger charge is 2.49. The fourth-order valence-corrected chi connectivity index (χ4v) is 4.58. The average Bonchev–Trinajstić information content (AvgIpc) is 2.45. The molecule has 1 saturated heterocycles. The van der Waals surface area contributed by atoms with Gasteiger partial charge in [0.15, 0.2) is 5.79 Å². The zero-order valence-electron chi connectivity index (χ0n) is 13.6. The first-order chi connectivity index (χ1) is 10.4. The van der Waals surface area contributed by atoms with Gasteiger partial charge in [-0.05, 0) is 50.9 Å². The Morgan fingerprint density at radius 3 is 2.27 bits per heavy atom. The molecule has 3 fully saturated rings. The van der Waals surface area contributed by atoms with Crippen molar-refractivity contribution in [2.75, 3.05) is 19.7 Å². The fourth-order valence-electron chi connectivity index (χ4n) is 4.58. The van der Waals surface area contributed by atoms with Crippen molar-refractivity contribution in [2.45, 2.75) is 70.1 Å². The number of carbonyl (C=O) groups is 1. The summed E-state index contributed by atoms with van der Waals surface area (Å²) in [5.41, 5.74) is 0.445. The number of ether oxygens (including phenoxy) is 1. The number of hydrogen-bond donors (Lipinski definition) is 2. The maximum Gasteiger partial charge on any atom is 0.308 e. The summed E-state index contributed by atoms with van der Waals surface area (Å²) in [5.74, 6) is -1.34. The van der Waals surface area contributed by atoms with E-state index in [0.29, 0.717) is 30.9 Å². The zero-order valence-corrected chi connectivity index (χ0v) is 13.6. The van der Waals surface area contributed by atoms with Crippen molar-refractivity contribution in [3.05, 3.63) is 0 Å². The SMILES string of the molecule is CCOC(=O)C1CCC2(CC1)CC(N1CCC(O)(O)CC1)C2. The maximum atomic E-state index is 11.8. The molecule has 126 valence electrons. The lowest BCUT2D eigenvalue weighted by atomic mass is 9.56. The molecule has 0 atom stereocenters. The molecule has 5 heteroatoms. The summed E-state index contributed by atoms with van der Waals surface area (Å²) in [6.45, 7) is 3.93. The molecule has 2 N–H and O–H groups in total. The van der Waals surface area contributed by atoms with Gasteiger partial charge in [-0.15, -0.1) is 0 Å². The number of aliphatic hydroxyl groups is 2. The van der Waals surface area contributed by atoms with Crippen LogP contribution in [-0.2, 0) is 9.53 Å². The quantitative estimate of drug-likeness (QED) is 0.613. The summed E-state index contributed by atoms with van der Waals surface area (Å²) in [6.07, 6.45) is 7.58. The van der Waals surface area contributed by atoms with Crippen LogP contribution in [0.2, 0.25) is 0 Å². The Morgan fingerprint density at radius 1 is 1.14 bits per heavy atom. The normalized spacial score (nSPS) is 38.5. The molecule has 2 saturated carbocycles. The Bertz CT molecular complexity index is 397. The van der Waals surface area contributed by atoms with E-state index in [1.807, 2.05) is 6.92 Å². The molecule has 0 aromatic carbocycles. The zero-order chi connectivity index (χ0) is 15.8. The van der Waals surface area contributed by atoms with Crippen LogP contribution in [0.5, 0.6) is 0 Å². The molecule has 2 aliphatic carbocycles. The number of carbonyl (C=O) groups excluding carboxylic acids is 1. The lowest BCUT2D eigenvalue weighted by molar-refractivity contribution is -0.197. The average molecular weight is 311 g/mol. The fraction of sp³-hybridized carbons (Fsp3) is 0.941. The summed E-state index contributed by atoms with van der Waals surface area (Å²) in [4.78, 5) is 14.2. The van der Waals surface area contributed by atoms with Crippen LogP contribution < -0.4 is 0 Å². The highest BCUT2D eigenvalue weighted by atomic mass is 16.5. The van der Waals surface area contributed by atoms with Crippen LogP contribution in [0.3, 0.4) is 0 Å². The van der Waals surface area contributed by atoms with E-state index in [9.17, 15) is 15.0 Å². The van der Waals surface area contributed by atoms with E-state index in [0.717, 1.165) is 38.8 Å². The molecule has 0 bridgehead atoms. The van der Waals surface area contributed by atoms with E-state index >= 15 is 0 Å². The standard InChI is InChI=1S/C17H29NO4/c1-2-22-15(19)13-3-5-16(6-4-13)11-14(12-16)18-9-7-17(20,21)8-10-18/h13-14,20-21H,2-12H2,1H3. The second-order valence-electron chi connectivity index (χ2n) is 7.61. The van der Waals surface area contributed by atoms with Gasteiger partial charge in [0.1, 0.15) is 0 Å². The molecule has 5 nitrogen and oxygen atoms in total. The topological polar surface area (TPSA) is 70.0 Å². The van der Waals surface area contributed by atoms with Gasteiger partial charge in [0, 0.05) is 32.0 Å². The molecular formula is C17H29NO4. The third-order valence-electron chi connectivity index (χ3n) is 6.12. The van der Waals surface area contributed by atoms with Crippen LogP contribution in [0, 0.1) is 11.3 Å². The first-order valence-electron chi connectivity index (χ1n) is 8.78. The van der Waals surface area contributed by atoms with Crippen molar-refractivity contribution < 1.29 is 19.7 Å². The molecule has 0 aromatic rings. The largest absolute Gasteiger partial charge is 0.466 e. The first kappa shape index (κ1) is 16.2. The van der Waals surface area contributed by atoms with E-state index < -0.39 is 5.79 Å². The van der Waals surface area contributed by atoms with Crippen LogP contribution >= 0.6 is 0 Å². The van der Waals surface area contributed by atoms with E-state index in [1.54, 1.807) is 0 Å². The van der Waals surface area contributed by atoms with Crippen LogP contribution in [0.15, 0.2) is 0 Å². The monoisotopic (exact) mass is 311 g/mol. The van der Waals surface area contributed by atoms with Gasteiger partial charge in [-0.1, -0.05) is 0 Å². The lowest BCUT2D eigenvalue weighted by Crippen LogP contribution is -2.56. The van der Waals surface area contributed by atoms with Crippen molar-refractivity contribution in [3.8, 4) is 0 Å². The summed E-state index contributed by atoms with van der Waals surface area (Å²) >= 11 is 0. The Balaban J connectivity index is 1.43. The van der Waals surface area contributed by atoms with E-state index in [1.165, 1.54) is 12.8 Å². The van der Waals surface area contributed by atoms with Gasteiger partial charge in [0.05, 0.1) is 12.5 Å². The van der Waals surface area contributed by atoms with Crippen molar-refractivity contribution in [3.63, 3.8) is 0 Å². The number of hydrogen-bond acceptors (Lipinski definition) is 5. The first-order valence-corrected chi connectivity index (χ1v) is 8.78. The smallest absolute Gasteiger partial charge is 0.308 e. The maximum absolute atomic E-state index is 11.8. The molecule has 0 aromatic heterocycles. The van der Waals surface area contributed by atoms with E-state index in [-0.39, 0.29) is 11.9 Å². The van der Waals surface area contributed by atoms with Gasteiger partial charge in [-0.3, -0.25) is 9.69 Å². The van der Waals surface area contributed by atoms with Gasteiger partial charge in [-0.2, -0.15) is 0 Å². The molecule has 1 spiro atoms. The van der Waals surface area contributed by atoms with Gasteiger partial charge < -0.3 is 14.9 Å². The van der Waals surface area contributed by atoms with E-state index in [2.05, 4.69) is 4.90 Å². The molecular weight excluding hydrogens is 282 g/mol. The lowest BCUT2D eigenvalue weighted by Gasteiger charge is -2.55. The van der Waals surface area contributed by atoms with Gasteiger partial charge in [0.25, 0.3) is 0 Å². The van der Waals surface area contributed by atoms with Gasteiger partial charge in [-0.25, -0.2) is 0 Å². The predicted molar refractivity (Wildman–Crippen MR) is 82.0 cm³/mol. The number of piperidine rings is 1. The van der Waals surface area contributed by atoms with Crippen molar-refractivity contribution >= 4 is 5.97 Å². The second kappa shape index (κ2) is 6.10. The van der Waals surface area contributed by atoms with Gasteiger partial charge in [0.2, 0.25) is 0 Å². The summed E-state index contributed by atoms with van der Waals surface area (Å²) < 4.78 is 5.14.